The predicted octanol–water partition coefficient (Wildman–Crippen LogP) is 2.11. The van der Waals surface area contributed by atoms with E-state index < -0.39 is 0 Å². The number of halogens is 1. The minimum atomic E-state index is -0.184. The van der Waals surface area contributed by atoms with Gasteiger partial charge < -0.3 is 15.4 Å². The summed E-state index contributed by atoms with van der Waals surface area (Å²) in [5, 5.41) is 6.96. The average molecular weight is 325 g/mol. The van der Waals surface area contributed by atoms with Gasteiger partial charge in [-0.15, -0.1) is 0 Å². The number of hydrogen-bond acceptors (Lipinski definition) is 4. The first-order valence-electron chi connectivity index (χ1n) is 6.56. The molecule has 0 bridgehead atoms. The van der Waals surface area contributed by atoms with Gasteiger partial charge in [-0.1, -0.05) is 12.1 Å². The highest BCUT2D eigenvalue weighted by molar-refractivity contribution is 9.10. The number of fused-ring (bicyclic) bond motifs is 2. The van der Waals surface area contributed by atoms with Crippen LogP contribution < -0.4 is 10.6 Å². The van der Waals surface area contributed by atoms with Gasteiger partial charge in [-0.3, -0.25) is 4.79 Å². The van der Waals surface area contributed by atoms with E-state index in [2.05, 4.69) is 26.6 Å². The molecule has 1 fully saturated rings. The number of benzene rings is 1. The van der Waals surface area contributed by atoms with Crippen LogP contribution in [0.3, 0.4) is 0 Å². The predicted molar refractivity (Wildman–Crippen MR) is 77.3 cm³/mol. The molecular weight excluding hydrogens is 308 g/mol. The fraction of sp³-hybridized carbons (Fsp3) is 0.500. The zero-order valence-electron chi connectivity index (χ0n) is 10.8. The second-order valence-electron chi connectivity index (χ2n) is 5.11. The van der Waals surface area contributed by atoms with Crippen molar-refractivity contribution in [3.63, 3.8) is 0 Å². The highest BCUT2D eigenvalue weighted by Gasteiger charge is 2.42. The molecule has 1 aromatic carbocycles. The van der Waals surface area contributed by atoms with Crippen molar-refractivity contribution in [1.82, 2.24) is 5.32 Å². The SMILES string of the molecule is COC(=O)C1c2cccc(Br)c2NC2CCNCC21. The van der Waals surface area contributed by atoms with Crippen LogP contribution in [0.4, 0.5) is 5.69 Å². The zero-order valence-corrected chi connectivity index (χ0v) is 12.4. The van der Waals surface area contributed by atoms with Crippen LogP contribution in [0.1, 0.15) is 17.9 Å². The van der Waals surface area contributed by atoms with Crippen molar-refractivity contribution < 1.29 is 9.53 Å². The Morgan fingerprint density at radius 1 is 1.47 bits per heavy atom. The third-order valence-corrected chi connectivity index (χ3v) is 4.78. The van der Waals surface area contributed by atoms with Crippen LogP contribution in [-0.2, 0) is 9.53 Å². The summed E-state index contributed by atoms with van der Waals surface area (Å²) < 4.78 is 6.04. The average Bonchev–Trinajstić information content (AvgIpc) is 2.45. The minimum Gasteiger partial charge on any atom is -0.469 e. The number of carbonyl (C=O) groups excluding carboxylic acids is 1. The second kappa shape index (κ2) is 5.13. The second-order valence-corrected chi connectivity index (χ2v) is 5.97. The highest BCUT2D eigenvalue weighted by Crippen LogP contribution is 2.43. The van der Waals surface area contributed by atoms with Crippen LogP contribution in [0.15, 0.2) is 22.7 Å². The van der Waals surface area contributed by atoms with E-state index in [-0.39, 0.29) is 17.8 Å². The number of rotatable bonds is 1. The number of nitrogens with one attached hydrogen (secondary N) is 2. The minimum absolute atomic E-state index is 0.139. The molecule has 2 heterocycles. The van der Waals surface area contributed by atoms with Gasteiger partial charge in [0.25, 0.3) is 0 Å². The summed E-state index contributed by atoms with van der Waals surface area (Å²) >= 11 is 3.57. The number of anilines is 1. The molecule has 0 saturated carbocycles. The van der Waals surface area contributed by atoms with E-state index in [4.69, 9.17) is 4.74 Å². The Kier molecular flexibility index (Phi) is 3.50. The molecule has 2 N–H and O–H groups in total. The molecule has 5 heteroatoms. The number of ether oxygens (including phenoxy) is 1. The quantitative estimate of drug-likeness (QED) is 0.777. The molecule has 3 unspecified atom stereocenters. The summed E-state index contributed by atoms with van der Waals surface area (Å²) in [6.07, 6.45) is 1.03. The van der Waals surface area contributed by atoms with Crippen LogP contribution in [0, 0.1) is 5.92 Å². The molecule has 2 aliphatic rings. The topological polar surface area (TPSA) is 50.4 Å². The lowest BCUT2D eigenvalue weighted by atomic mass is 9.75. The zero-order chi connectivity index (χ0) is 13.4. The molecule has 19 heavy (non-hydrogen) atoms. The number of carbonyl (C=O) groups is 1. The van der Waals surface area contributed by atoms with Crippen LogP contribution in [0.5, 0.6) is 0 Å². The van der Waals surface area contributed by atoms with E-state index in [0.717, 1.165) is 35.2 Å². The van der Waals surface area contributed by atoms with Crippen molar-refractivity contribution in [2.24, 2.45) is 5.92 Å². The Morgan fingerprint density at radius 3 is 3.11 bits per heavy atom. The first kappa shape index (κ1) is 12.9. The lowest BCUT2D eigenvalue weighted by Gasteiger charge is -2.42. The Labute approximate surface area is 121 Å². The molecule has 1 saturated heterocycles. The van der Waals surface area contributed by atoms with Crippen LogP contribution >= 0.6 is 15.9 Å². The summed E-state index contributed by atoms with van der Waals surface area (Å²) in [4.78, 5) is 12.2. The molecule has 2 aliphatic heterocycles. The highest BCUT2D eigenvalue weighted by atomic mass is 79.9. The van der Waals surface area contributed by atoms with Crippen molar-refractivity contribution in [3.05, 3.63) is 28.2 Å². The van der Waals surface area contributed by atoms with Crippen molar-refractivity contribution >= 4 is 27.6 Å². The molecular formula is C14H17BrN2O2. The van der Waals surface area contributed by atoms with Gasteiger partial charge in [-0.2, -0.15) is 0 Å². The third-order valence-electron chi connectivity index (χ3n) is 4.12. The Hall–Kier alpha value is -1.07. The monoisotopic (exact) mass is 324 g/mol. The molecule has 3 atom stereocenters. The fourth-order valence-corrected chi connectivity index (χ4v) is 3.71. The van der Waals surface area contributed by atoms with Gasteiger partial charge in [-0.05, 0) is 40.5 Å². The summed E-state index contributed by atoms with van der Waals surface area (Å²) in [5.74, 6) is -0.0703. The first-order valence-corrected chi connectivity index (χ1v) is 7.35. The summed E-state index contributed by atoms with van der Waals surface area (Å²) in [7, 11) is 1.47. The molecule has 1 aromatic rings. The van der Waals surface area contributed by atoms with Crippen molar-refractivity contribution in [2.75, 3.05) is 25.5 Å². The maximum atomic E-state index is 12.2. The molecule has 3 rings (SSSR count). The van der Waals surface area contributed by atoms with Crippen LogP contribution in [0.2, 0.25) is 0 Å². The van der Waals surface area contributed by atoms with E-state index in [9.17, 15) is 4.79 Å². The van der Waals surface area contributed by atoms with Gasteiger partial charge in [0.15, 0.2) is 0 Å². The normalized spacial score (nSPS) is 28.8. The van der Waals surface area contributed by atoms with E-state index in [1.165, 1.54) is 7.11 Å². The van der Waals surface area contributed by atoms with E-state index in [1.807, 2.05) is 18.2 Å². The number of esters is 1. The van der Waals surface area contributed by atoms with Crippen molar-refractivity contribution in [3.8, 4) is 0 Å². The van der Waals surface area contributed by atoms with Gasteiger partial charge in [0.05, 0.1) is 18.7 Å². The number of methoxy groups -OCH3 is 1. The van der Waals surface area contributed by atoms with Gasteiger partial charge in [0.1, 0.15) is 0 Å². The lowest BCUT2D eigenvalue weighted by Crippen LogP contribution is -2.50. The molecule has 0 radical (unpaired) electrons. The summed E-state index contributed by atoms with van der Waals surface area (Å²) in [5.41, 5.74) is 2.08. The summed E-state index contributed by atoms with van der Waals surface area (Å²) in [6, 6.07) is 6.31. The summed E-state index contributed by atoms with van der Waals surface area (Å²) in [6.45, 7) is 1.84. The maximum Gasteiger partial charge on any atom is 0.313 e. The van der Waals surface area contributed by atoms with Gasteiger partial charge in [0.2, 0.25) is 0 Å². The van der Waals surface area contributed by atoms with Crippen LogP contribution in [0.25, 0.3) is 0 Å². The molecule has 102 valence electrons. The van der Waals surface area contributed by atoms with E-state index in [0.29, 0.717) is 6.04 Å². The van der Waals surface area contributed by atoms with Crippen molar-refractivity contribution in [2.45, 2.75) is 18.4 Å². The molecule has 0 amide bonds. The molecule has 0 spiro atoms. The van der Waals surface area contributed by atoms with Crippen molar-refractivity contribution in [1.29, 1.82) is 0 Å². The Morgan fingerprint density at radius 2 is 2.32 bits per heavy atom. The smallest absolute Gasteiger partial charge is 0.313 e. The fourth-order valence-electron chi connectivity index (χ4n) is 3.21. The number of para-hydroxylation sites is 1. The van der Waals surface area contributed by atoms with Gasteiger partial charge >= 0.3 is 5.97 Å². The van der Waals surface area contributed by atoms with Crippen LogP contribution in [-0.4, -0.2) is 32.2 Å². The molecule has 0 aliphatic carbocycles. The maximum absolute atomic E-state index is 12.2. The van der Waals surface area contributed by atoms with E-state index >= 15 is 0 Å². The molecule has 4 nitrogen and oxygen atoms in total. The van der Waals surface area contributed by atoms with Gasteiger partial charge in [0, 0.05) is 23.0 Å². The Balaban J connectivity index is 2.08. The largest absolute Gasteiger partial charge is 0.469 e. The standard InChI is InChI=1S/C14H17BrN2O2/c1-19-14(18)12-8-3-2-4-10(15)13(8)17-11-5-6-16-7-9(11)12/h2-4,9,11-12,16-17H,5-7H2,1H3. The van der Waals surface area contributed by atoms with E-state index in [1.54, 1.807) is 0 Å². The lowest BCUT2D eigenvalue weighted by molar-refractivity contribution is -0.144. The number of hydrogen-bond donors (Lipinski definition) is 2. The first-order chi connectivity index (χ1) is 9.22. The van der Waals surface area contributed by atoms with Gasteiger partial charge in [-0.25, -0.2) is 0 Å². The third kappa shape index (κ3) is 2.15. The Bertz CT molecular complexity index is 506. The molecule has 0 aromatic heterocycles. The number of piperidine rings is 1.